The molecule has 1 saturated heterocycles. The van der Waals surface area contributed by atoms with Gasteiger partial charge in [-0.1, -0.05) is 50.3 Å². The highest BCUT2D eigenvalue weighted by atomic mass is 127. The second kappa shape index (κ2) is 7.94. The minimum atomic E-state index is -0.915. The van der Waals surface area contributed by atoms with Gasteiger partial charge in [-0.15, -0.1) is 0 Å². The van der Waals surface area contributed by atoms with E-state index < -0.39 is 35.7 Å². The Morgan fingerprint density at radius 1 is 1.57 bits per heavy atom. The van der Waals surface area contributed by atoms with Gasteiger partial charge in [0.1, 0.15) is 12.3 Å². The molecule has 2 rings (SSSR count). The number of nitrogens with one attached hydrogen (secondary N) is 1. The number of azide groups is 1. The number of alkyl halides is 2. The number of ether oxygens (including phenoxy) is 1. The molecule has 12 heteroatoms. The van der Waals surface area contributed by atoms with Crippen LogP contribution in [0.15, 0.2) is 20.9 Å². The second-order valence-corrected chi connectivity index (χ2v) is 9.92. The Kier molecular flexibility index (Phi) is 6.44. The number of aliphatic hydroxyl groups is 2. The summed E-state index contributed by atoms with van der Waals surface area (Å²) in [6.07, 6.45) is -1.15. The SMILES string of the molecule is [N-]=[N+]=NC(c1cn(C2CC(O)C(CO)O2)c(=O)[nH]c1=O)C(I)I. The van der Waals surface area contributed by atoms with Crippen molar-refractivity contribution in [2.24, 2.45) is 5.11 Å². The fraction of sp³-hybridized carbons (Fsp3) is 0.636. The lowest BCUT2D eigenvalue weighted by Gasteiger charge is -2.18. The number of aromatic amines is 1. The molecule has 3 N–H and O–H groups in total. The molecule has 4 unspecified atom stereocenters. The molecule has 0 spiro atoms. The Morgan fingerprint density at radius 2 is 2.26 bits per heavy atom. The zero-order valence-corrected chi connectivity index (χ0v) is 15.9. The first-order valence-electron chi connectivity index (χ1n) is 6.51. The van der Waals surface area contributed by atoms with E-state index in [1.807, 2.05) is 45.2 Å². The van der Waals surface area contributed by atoms with E-state index in [9.17, 15) is 14.7 Å². The zero-order valence-electron chi connectivity index (χ0n) is 11.5. The van der Waals surface area contributed by atoms with Gasteiger partial charge in [0, 0.05) is 23.1 Å². The molecule has 23 heavy (non-hydrogen) atoms. The van der Waals surface area contributed by atoms with Crippen molar-refractivity contribution in [2.75, 3.05) is 6.61 Å². The second-order valence-electron chi connectivity index (χ2n) is 4.85. The van der Waals surface area contributed by atoms with E-state index in [1.54, 1.807) is 0 Å². The molecule has 0 amide bonds. The number of aromatic nitrogens is 2. The van der Waals surface area contributed by atoms with Crippen LogP contribution in [0.4, 0.5) is 0 Å². The summed E-state index contributed by atoms with van der Waals surface area (Å²) >= 11 is 4.01. The topological polar surface area (TPSA) is 153 Å². The van der Waals surface area contributed by atoms with Crippen LogP contribution in [0.5, 0.6) is 0 Å². The van der Waals surface area contributed by atoms with Crippen LogP contribution in [0.1, 0.15) is 24.3 Å². The maximum absolute atomic E-state index is 12.0. The Balaban J connectivity index is 2.47. The Bertz CT molecular complexity index is 728. The maximum atomic E-state index is 12.0. The van der Waals surface area contributed by atoms with Crippen LogP contribution >= 0.6 is 45.2 Å². The standard InChI is InChI=1S/C11H13I2N5O5/c12-9(13)8(16-17-14)4-2-18(11(22)15-10(4)21)7-1-5(20)6(3-19)23-7/h2,5-9,19-20H,1,3H2,(H,15,21,22). The van der Waals surface area contributed by atoms with Crippen LogP contribution in [-0.4, -0.2) is 40.5 Å². The quantitative estimate of drug-likeness (QED) is 0.163. The predicted octanol–water partition coefficient (Wildman–Crippen LogP) is 0.725. The number of rotatable bonds is 5. The van der Waals surface area contributed by atoms with Crippen LogP contribution < -0.4 is 11.2 Å². The molecule has 0 aromatic carbocycles. The lowest BCUT2D eigenvalue weighted by Crippen LogP contribution is -2.35. The van der Waals surface area contributed by atoms with Crippen LogP contribution in [0, 0.1) is 0 Å². The largest absolute Gasteiger partial charge is 0.394 e. The molecular formula is C11H13I2N5O5. The minimum absolute atomic E-state index is 0.0979. The van der Waals surface area contributed by atoms with Crippen molar-refractivity contribution in [1.82, 2.24) is 9.55 Å². The van der Waals surface area contributed by atoms with Crippen molar-refractivity contribution in [3.8, 4) is 0 Å². The normalized spacial score (nSPS) is 25.3. The molecule has 1 aliphatic heterocycles. The lowest BCUT2D eigenvalue weighted by atomic mass is 10.1. The van der Waals surface area contributed by atoms with Crippen LogP contribution in [0.2, 0.25) is 0 Å². The van der Waals surface area contributed by atoms with Crippen molar-refractivity contribution in [3.05, 3.63) is 43.0 Å². The van der Waals surface area contributed by atoms with E-state index >= 15 is 0 Å². The third-order valence-electron chi connectivity index (χ3n) is 3.42. The number of halogens is 2. The highest BCUT2D eigenvalue weighted by molar-refractivity contribution is 14.2. The molecule has 1 aromatic rings. The Morgan fingerprint density at radius 3 is 2.78 bits per heavy atom. The molecule has 0 aliphatic carbocycles. The first-order chi connectivity index (χ1) is 10.9. The summed E-state index contributed by atoms with van der Waals surface area (Å²) < 4.78 is 6.33. The van der Waals surface area contributed by atoms with Crippen molar-refractivity contribution < 1.29 is 14.9 Å². The van der Waals surface area contributed by atoms with Crippen molar-refractivity contribution >= 4 is 45.2 Å². The van der Waals surface area contributed by atoms with Gasteiger partial charge in [0.2, 0.25) is 0 Å². The van der Waals surface area contributed by atoms with Crippen LogP contribution in [0.3, 0.4) is 0 Å². The lowest BCUT2D eigenvalue weighted by molar-refractivity contribution is -0.0460. The molecule has 0 radical (unpaired) electrons. The van der Waals surface area contributed by atoms with Gasteiger partial charge in [-0.05, 0) is 5.53 Å². The molecule has 2 heterocycles. The highest BCUT2D eigenvalue weighted by Crippen LogP contribution is 2.31. The van der Waals surface area contributed by atoms with E-state index in [1.165, 1.54) is 6.20 Å². The van der Waals surface area contributed by atoms with Crippen LogP contribution in [0.25, 0.3) is 10.4 Å². The van der Waals surface area contributed by atoms with E-state index in [2.05, 4.69) is 15.0 Å². The molecule has 4 atom stereocenters. The molecule has 126 valence electrons. The molecule has 0 bridgehead atoms. The first-order valence-corrected chi connectivity index (χ1v) is 9.00. The summed E-state index contributed by atoms with van der Waals surface area (Å²) in [6, 6.07) is -0.767. The summed E-state index contributed by atoms with van der Waals surface area (Å²) in [5.74, 6) is 0. The maximum Gasteiger partial charge on any atom is 0.330 e. The van der Waals surface area contributed by atoms with Gasteiger partial charge in [0.05, 0.1) is 20.7 Å². The van der Waals surface area contributed by atoms with Gasteiger partial charge >= 0.3 is 5.69 Å². The summed E-state index contributed by atoms with van der Waals surface area (Å²) in [5.41, 5.74) is 7.45. The molecule has 1 aliphatic rings. The predicted molar refractivity (Wildman–Crippen MR) is 96.7 cm³/mol. The Labute approximate surface area is 156 Å². The molecule has 1 aromatic heterocycles. The number of hydrogen-bond acceptors (Lipinski definition) is 6. The molecule has 10 nitrogen and oxygen atoms in total. The van der Waals surface area contributed by atoms with E-state index in [0.717, 1.165) is 4.57 Å². The third-order valence-corrected chi connectivity index (χ3v) is 4.79. The van der Waals surface area contributed by atoms with Crippen molar-refractivity contribution in [1.29, 1.82) is 0 Å². The smallest absolute Gasteiger partial charge is 0.330 e. The number of H-pyrrole nitrogens is 1. The molecular weight excluding hydrogens is 536 g/mol. The summed E-state index contributed by atoms with van der Waals surface area (Å²) in [4.78, 5) is 28.9. The first kappa shape index (κ1) is 18.7. The average molecular weight is 549 g/mol. The third kappa shape index (κ3) is 4.06. The van der Waals surface area contributed by atoms with Crippen molar-refractivity contribution in [3.63, 3.8) is 0 Å². The van der Waals surface area contributed by atoms with Gasteiger partial charge in [0.15, 0.2) is 0 Å². The number of nitrogens with zero attached hydrogens (tertiary/aromatic N) is 4. The highest BCUT2D eigenvalue weighted by Gasteiger charge is 2.35. The fourth-order valence-electron chi connectivity index (χ4n) is 2.28. The van der Waals surface area contributed by atoms with Gasteiger partial charge in [0.25, 0.3) is 5.56 Å². The van der Waals surface area contributed by atoms with E-state index in [0.29, 0.717) is 0 Å². The number of hydrogen-bond donors (Lipinski definition) is 3. The van der Waals surface area contributed by atoms with Gasteiger partial charge < -0.3 is 14.9 Å². The zero-order chi connectivity index (χ0) is 17.1. The van der Waals surface area contributed by atoms with Gasteiger partial charge in [-0.3, -0.25) is 14.3 Å². The average Bonchev–Trinajstić information content (AvgIpc) is 2.86. The van der Waals surface area contributed by atoms with E-state index in [-0.39, 0.29) is 20.5 Å². The monoisotopic (exact) mass is 549 g/mol. The number of aliphatic hydroxyl groups excluding tert-OH is 2. The molecule has 1 fully saturated rings. The summed E-state index contributed by atoms with van der Waals surface area (Å²) in [7, 11) is 0. The van der Waals surface area contributed by atoms with Gasteiger partial charge in [-0.25, -0.2) is 4.79 Å². The minimum Gasteiger partial charge on any atom is -0.394 e. The van der Waals surface area contributed by atoms with Crippen LogP contribution in [-0.2, 0) is 4.74 Å². The van der Waals surface area contributed by atoms with Gasteiger partial charge in [-0.2, -0.15) is 0 Å². The summed E-state index contributed by atoms with van der Waals surface area (Å²) in [6.45, 7) is -0.381. The fourth-order valence-corrected chi connectivity index (χ4v) is 3.34. The Hall–Kier alpha value is -0.670. The molecule has 0 saturated carbocycles. The van der Waals surface area contributed by atoms with Crippen molar-refractivity contribution in [2.45, 2.75) is 32.8 Å². The van der Waals surface area contributed by atoms with E-state index in [4.69, 9.17) is 15.4 Å². The summed E-state index contributed by atoms with van der Waals surface area (Å²) in [5, 5.41) is 22.5.